The summed E-state index contributed by atoms with van der Waals surface area (Å²) >= 11 is 0. The Bertz CT molecular complexity index is 1170. The van der Waals surface area contributed by atoms with Crippen LogP contribution in [0.1, 0.15) is 37.2 Å². The summed E-state index contributed by atoms with van der Waals surface area (Å²) < 4.78 is 13.8. The van der Waals surface area contributed by atoms with E-state index in [0.717, 1.165) is 27.6 Å². The Morgan fingerprint density at radius 1 is 0.897 bits per heavy atom. The summed E-state index contributed by atoms with van der Waals surface area (Å²) in [5.41, 5.74) is 2.96. The van der Waals surface area contributed by atoms with Crippen molar-refractivity contribution in [2.24, 2.45) is 0 Å². The van der Waals surface area contributed by atoms with Gasteiger partial charge in [-0.3, -0.25) is 14.5 Å². The van der Waals surface area contributed by atoms with Crippen molar-refractivity contribution in [2.45, 2.75) is 31.6 Å². The van der Waals surface area contributed by atoms with Gasteiger partial charge in [0, 0.05) is 30.0 Å². The van der Waals surface area contributed by atoms with Crippen LogP contribution < -0.4 is 4.90 Å². The van der Waals surface area contributed by atoms with Gasteiger partial charge >= 0.3 is 0 Å². The summed E-state index contributed by atoms with van der Waals surface area (Å²) in [6.45, 7) is 0. The van der Waals surface area contributed by atoms with Crippen molar-refractivity contribution >= 4 is 28.2 Å². The van der Waals surface area contributed by atoms with Gasteiger partial charge in [-0.1, -0.05) is 48.5 Å². The molecule has 3 aromatic carbocycles. The van der Waals surface area contributed by atoms with E-state index in [9.17, 15) is 14.0 Å². The number of hydrogen-bond donors (Lipinski definition) is 0. The number of fused-ring (bicyclic) bond motifs is 1. The highest BCUT2D eigenvalue weighted by Gasteiger charge is 2.40. The van der Waals surface area contributed by atoms with E-state index in [2.05, 4.69) is 0 Å². The van der Waals surface area contributed by atoms with Crippen molar-refractivity contribution in [2.75, 3.05) is 4.90 Å². The predicted molar refractivity (Wildman–Crippen MR) is 111 cm³/mol. The van der Waals surface area contributed by atoms with Crippen molar-refractivity contribution in [1.29, 1.82) is 0 Å². The van der Waals surface area contributed by atoms with E-state index >= 15 is 0 Å². The van der Waals surface area contributed by atoms with Crippen molar-refractivity contribution in [3.63, 3.8) is 0 Å². The van der Waals surface area contributed by atoms with E-state index in [-0.39, 0.29) is 24.0 Å². The fourth-order valence-electron chi connectivity index (χ4n) is 4.73. The number of halogens is 1. The van der Waals surface area contributed by atoms with Gasteiger partial charge in [-0.15, -0.1) is 0 Å². The molecule has 1 heterocycles. The van der Waals surface area contributed by atoms with Crippen LogP contribution in [0.15, 0.2) is 78.0 Å². The van der Waals surface area contributed by atoms with Gasteiger partial charge in [-0.25, -0.2) is 4.39 Å². The van der Waals surface area contributed by atoms with Gasteiger partial charge in [0.05, 0.1) is 5.69 Å². The Labute approximate surface area is 168 Å². The maximum atomic E-state index is 13.8. The lowest BCUT2D eigenvalue weighted by Crippen LogP contribution is -2.40. The topological polar surface area (TPSA) is 37.4 Å². The Hall–Kier alpha value is -3.27. The molecule has 1 amide bonds. The first-order valence-electron chi connectivity index (χ1n) is 9.96. The van der Waals surface area contributed by atoms with Crippen LogP contribution >= 0.6 is 0 Å². The number of anilines is 1. The van der Waals surface area contributed by atoms with Gasteiger partial charge in [0.15, 0.2) is 5.78 Å². The number of rotatable bonds is 2. The maximum Gasteiger partial charge on any atom is 0.232 e. The zero-order chi connectivity index (χ0) is 20.0. The van der Waals surface area contributed by atoms with E-state index in [1.165, 1.54) is 12.1 Å². The molecule has 0 radical (unpaired) electrons. The second kappa shape index (κ2) is 6.96. The van der Waals surface area contributed by atoms with Gasteiger partial charge in [0.1, 0.15) is 5.82 Å². The first-order valence-corrected chi connectivity index (χ1v) is 9.96. The number of nitrogens with zero attached hydrogens (tertiary/aromatic N) is 1. The summed E-state index contributed by atoms with van der Waals surface area (Å²) in [5, 5.41) is 2.16. The molecule has 144 valence electrons. The number of hydrogen-bond acceptors (Lipinski definition) is 2. The molecule has 3 nitrogen and oxygen atoms in total. The smallest absolute Gasteiger partial charge is 0.232 e. The third kappa shape index (κ3) is 2.96. The molecule has 3 aromatic rings. The SMILES string of the molecule is O=C1CCCC2=C1C(c1cccc3ccccc13)CC(=O)N2c1cccc(F)c1. The lowest BCUT2D eigenvalue weighted by Gasteiger charge is -2.38. The number of allylic oxidation sites excluding steroid dienone is 2. The molecule has 0 spiro atoms. The van der Waals surface area contributed by atoms with Crippen LogP contribution in [-0.2, 0) is 9.59 Å². The minimum absolute atomic E-state index is 0.0954. The van der Waals surface area contributed by atoms with Gasteiger partial charge in [-0.05, 0) is 47.4 Å². The lowest BCUT2D eigenvalue weighted by atomic mass is 9.76. The van der Waals surface area contributed by atoms with Crippen LogP contribution in [0.3, 0.4) is 0 Å². The summed E-state index contributed by atoms with van der Waals surface area (Å²) in [5.74, 6) is -0.656. The number of carbonyl (C=O) groups excluding carboxylic acids is 2. The summed E-state index contributed by atoms with van der Waals surface area (Å²) in [6.07, 6.45) is 2.05. The van der Waals surface area contributed by atoms with Crippen LogP contribution in [0, 0.1) is 5.82 Å². The molecule has 1 aliphatic carbocycles. The molecule has 5 rings (SSSR count). The highest BCUT2D eigenvalue weighted by atomic mass is 19.1. The van der Waals surface area contributed by atoms with Crippen molar-refractivity contribution in [3.05, 3.63) is 89.4 Å². The summed E-state index contributed by atoms with van der Waals surface area (Å²) in [7, 11) is 0. The quantitative estimate of drug-likeness (QED) is 0.584. The van der Waals surface area contributed by atoms with E-state index in [4.69, 9.17) is 0 Å². The zero-order valence-corrected chi connectivity index (χ0v) is 15.9. The molecular weight excluding hydrogens is 365 g/mol. The van der Waals surface area contributed by atoms with E-state index in [1.54, 1.807) is 17.0 Å². The molecule has 1 unspecified atom stereocenters. The van der Waals surface area contributed by atoms with Crippen LogP contribution in [-0.4, -0.2) is 11.7 Å². The van der Waals surface area contributed by atoms with Crippen molar-refractivity contribution in [3.8, 4) is 0 Å². The molecule has 0 bridgehead atoms. The first kappa shape index (κ1) is 17.8. The fraction of sp³-hybridized carbons (Fsp3) is 0.200. The van der Waals surface area contributed by atoms with Crippen molar-refractivity contribution in [1.82, 2.24) is 0 Å². The maximum absolute atomic E-state index is 13.8. The Morgan fingerprint density at radius 2 is 1.69 bits per heavy atom. The van der Waals surface area contributed by atoms with Gasteiger partial charge in [0.25, 0.3) is 0 Å². The molecule has 0 saturated heterocycles. The number of Topliss-reactive ketones (excluding diaryl/α,β-unsaturated/α-hetero) is 1. The molecule has 0 aromatic heterocycles. The minimum atomic E-state index is -0.393. The van der Waals surface area contributed by atoms with E-state index in [1.807, 2.05) is 42.5 Å². The van der Waals surface area contributed by atoms with Gasteiger partial charge in [-0.2, -0.15) is 0 Å². The van der Waals surface area contributed by atoms with Crippen LogP contribution in [0.25, 0.3) is 10.8 Å². The lowest BCUT2D eigenvalue weighted by molar-refractivity contribution is -0.119. The molecule has 2 aliphatic rings. The number of benzene rings is 3. The summed E-state index contributed by atoms with van der Waals surface area (Å²) in [6, 6.07) is 20.1. The fourth-order valence-corrected chi connectivity index (χ4v) is 4.73. The molecule has 1 atom stereocenters. The monoisotopic (exact) mass is 385 g/mol. The molecule has 0 saturated carbocycles. The predicted octanol–water partition coefficient (Wildman–Crippen LogP) is 5.51. The Kier molecular flexibility index (Phi) is 4.27. The highest BCUT2D eigenvalue weighted by Crippen LogP contribution is 2.44. The zero-order valence-electron chi connectivity index (χ0n) is 15.9. The Balaban J connectivity index is 1.71. The van der Waals surface area contributed by atoms with E-state index in [0.29, 0.717) is 24.9 Å². The molecular formula is C25H20FNO2. The second-order valence-corrected chi connectivity index (χ2v) is 7.67. The first-order chi connectivity index (χ1) is 14.1. The second-order valence-electron chi connectivity index (χ2n) is 7.67. The molecule has 29 heavy (non-hydrogen) atoms. The number of amides is 1. The molecule has 1 aliphatic heterocycles. The summed E-state index contributed by atoms with van der Waals surface area (Å²) in [4.78, 5) is 27.8. The molecule has 4 heteroatoms. The average molecular weight is 385 g/mol. The standard InChI is InChI=1S/C25H20FNO2/c26-17-8-4-9-18(14-17)27-22-12-5-13-23(28)25(22)21(15-24(27)29)20-11-3-7-16-6-1-2-10-19(16)20/h1-4,6-11,14,21H,5,12-13,15H2. The normalized spacial score (nSPS) is 19.6. The van der Waals surface area contributed by atoms with Gasteiger partial charge in [0.2, 0.25) is 5.91 Å². The van der Waals surface area contributed by atoms with Crippen LogP contribution in [0.4, 0.5) is 10.1 Å². The number of ketones is 1. The number of carbonyl (C=O) groups is 2. The largest absolute Gasteiger partial charge is 0.294 e. The van der Waals surface area contributed by atoms with Crippen LogP contribution in [0.2, 0.25) is 0 Å². The van der Waals surface area contributed by atoms with Crippen molar-refractivity contribution < 1.29 is 14.0 Å². The van der Waals surface area contributed by atoms with Crippen LogP contribution in [0.5, 0.6) is 0 Å². The molecule has 0 N–H and O–H groups in total. The minimum Gasteiger partial charge on any atom is -0.294 e. The van der Waals surface area contributed by atoms with E-state index < -0.39 is 5.82 Å². The molecule has 0 fully saturated rings. The Morgan fingerprint density at radius 3 is 2.55 bits per heavy atom. The average Bonchev–Trinajstić information content (AvgIpc) is 2.73. The van der Waals surface area contributed by atoms with Gasteiger partial charge < -0.3 is 0 Å². The third-order valence-electron chi connectivity index (χ3n) is 5.94. The third-order valence-corrected chi connectivity index (χ3v) is 5.94. The highest BCUT2D eigenvalue weighted by molar-refractivity contribution is 6.08.